The Labute approximate surface area is 214 Å². The van der Waals surface area contributed by atoms with Crippen LogP contribution < -0.4 is 9.64 Å². The smallest absolute Gasteiger partial charge is 0.151 e. The predicted molar refractivity (Wildman–Crippen MR) is 143 cm³/mol. The van der Waals surface area contributed by atoms with Crippen molar-refractivity contribution in [2.45, 2.75) is 46.1 Å². The molecule has 1 unspecified atom stereocenters. The molecule has 2 fully saturated rings. The summed E-state index contributed by atoms with van der Waals surface area (Å²) in [5, 5.41) is 0. The molecule has 7 heteroatoms. The summed E-state index contributed by atoms with van der Waals surface area (Å²) in [7, 11) is 0. The van der Waals surface area contributed by atoms with Crippen LogP contribution in [0.15, 0.2) is 48.7 Å². The highest BCUT2D eigenvalue weighted by Gasteiger charge is 2.23. The van der Waals surface area contributed by atoms with E-state index in [1.54, 1.807) is 0 Å². The lowest BCUT2D eigenvalue weighted by Gasteiger charge is -2.38. The molecule has 6 rings (SSSR count). The van der Waals surface area contributed by atoms with E-state index in [1.807, 2.05) is 0 Å². The zero-order valence-electron chi connectivity index (χ0n) is 21.7. The maximum Gasteiger partial charge on any atom is 0.151 e. The predicted octanol–water partition coefficient (Wildman–Crippen LogP) is 4.18. The summed E-state index contributed by atoms with van der Waals surface area (Å²) in [5.41, 5.74) is 5.85. The van der Waals surface area contributed by atoms with E-state index < -0.39 is 0 Å². The summed E-state index contributed by atoms with van der Waals surface area (Å²) in [5.74, 6) is 1.88. The van der Waals surface area contributed by atoms with E-state index >= 15 is 0 Å². The van der Waals surface area contributed by atoms with Gasteiger partial charge in [-0.1, -0.05) is 18.2 Å². The Bertz CT molecular complexity index is 1200. The van der Waals surface area contributed by atoms with Gasteiger partial charge in [-0.2, -0.15) is 0 Å². The fourth-order valence-electron chi connectivity index (χ4n) is 5.63. The second kappa shape index (κ2) is 9.88. The Hall–Kier alpha value is -2.87. The maximum atomic E-state index is 6.15. The molecular formula is C29H37N5O2. The summed E-state index contributed by atoms with van der Waals surface area (Å²) in [6, 6.07) is 16.1. The van der Waals surface area contributed by atoms with Crippen molar-refractivity contribution in [1.29, 1.82) is 0 Å². The zero-order chi connectivity index (χ0) is 24.6. The number of hydrogen-bond donors (Lipinski definition) is 0. The van der Waals surface area contributed by atoms with Crippen LogP contribution in [0, 0.1) is 0 Å². The molecule has 3 aliphatic heterocycles. The van der Waals surface area contributed by atoms with Gasteiger partial charge in [0.05, 0.1) is 24.1 Å². The van der Waals surface area contributed by atoms with Gasteiger partial charge in [-0.15, -0.1) is 0 Å². The number of piperazine rings is 1. The van der Waals surface area contributed by atoms with Crippen LogP contribution in [0.25, 0.3) is 16.8 Å². The minimum Gasteiger partial charge on any atom is -0.483 e. The van der Waals surface area contributed by atoms with Crippen LogP contribution in [0.3, 0.4) is 0 Å². The minimum atomic E-state index is 0.280. The molecule has 3 aliphatic rings. The van der Waals surface area contributed by atoms with Gasteiger partial charge in [-0.05, 0) is 56.2 Å². The molecule has 0 N–H and O–H groups in total. The second-order valence-corrected chi connectivity index (χ2v) is 10.6. The van der Waals surface area contributed by atoms with E-state index in [9.17, 15) is 0 Å². The van der Waals surface area contributed by atoms with Gasteiger partial charge in [-0.25, -0.2) is 4.98 Å². The van der Waals surface area contributed by atoms with Crippen LogP contribution >= 0.6 is 0 Å². The molecule has 190 valence electrons. The van der Waals surface area contributed by atoms with Crippen LogP contribution in [0.4, 0.5) is 5.69 Å². The standard InChI is InChI=1S/C29H37N5O2/c1-21(2)32-10-12-33(13-11-32)26-7-4-23(5-8-26)24-6-9-27-28(16-24)36-20-29-30-25(19-34(27)29)18-31-14-15-35-22(3)17-31/h4-9,16,19,21-22H,10-15,17-18,20H2,1-3H3. The van der Waals surface area contributed by atoms with Gasteiger partial charge in [0.15, 0.2) is 5.82 Å². The summed E-state index contributed by atoms with van der Waals surface area (Å²) < 4.78 is 14.0. The number of ether oxygens (including phenoxy) is 2. The Kier molecular flexibility index (Phi) is 6.46. The first-order valence-electron chi connectivity index (χ1n) is 13.3. The minimum absolute atomic E-state index is 0.280. The third-order valence-electron chi connectivity index (χ3n) is 7.73. The molecule has 0 radical (unpaired) electrons. The fourth-order valence-corrected chi connectivity index (χ4v) is 5.63. The molecule has 0 amide bonds. The molecule has 7 nitrogen and oxygen atoms in total. The number of imidazole rings is 1. The van der Waals surface area contributed by atoms with Gasteiger partial charge >= 0.3 is 0 Å². The van der Waals surface area contributed by atoms with Crippen molar-refractivity contribution in [2.75, 3.05) is 50.8 Å². The van der Waals surface area contributed by atoms with E-state index in [-0.39, 0.29) is 6.10 Å². The van der Waals surface area contributed by atoms with Gasteiger partial charge in [0.1, 0.15) is 12.4 Å². The monoisotopic (exact) mass is 487 g/mol. The maximum absolute atomic E-state index is 6.15. The fraction of sp³-hybridized carbons (Fsp3) is 0.483. The third-order valence-corrected chi connectivity index (χ3v) is 7.73. The first-order valence-corrected chi connectivity index (χ1v) is 13.3. The molecule has 3 aromatic rings. The lowest BCUT2D eigenvalue weighted by atomic mass is 10.0. The Balaban J connectivity index is 1.16. The number of anilines is 1. The van der Waals surface area contributed by atoms with Crippen LogP contribution in [0.2, 0.25) is 0 Å². The molecule has 0 spiro atoms. The number of morpholine rings is 1. The van der Waals surface area contributed by atoms with Crippen LogP contribution in [0.1, 0.15) is 32.3 Å². The normalized spacial score (nSPS) is 20.8. The molecular weight excluding hydrogens is 450 g/mol. The Morgan fingerprint density at radius 3 is 2.50 bits per heavy atom. The van der Waals surface area contributed by atoms with E-state index in [0.29, 0.717) is 12.6 Å². The first kappa shape index (κ1) is 23.5. The summed E-state index contributed by atoms with van der Waals surface area (Å²) in [4.78, 5) is 12.3. The molecule has 36 heavy (non-hydrogen) atoms. The number of aromatic nitrogens is 2. The van der Waals surface area contributed by atoms with Crippen LogP contribution in [-0.4, -0.2) is 77.4 Å². The van der Waals surface area contributed by atoms with Gasteiger partial charge < -0.3 is 14.4 Å². The topological polar surface area (TPSA) is 46.0 Å². The summed E-state index contributed by atoms with van der Waals surface area (Å²) in [6.45, 7) is 15.2. The summed E-state index contributed by atoms with van der Waals surface area (Å²) >= 11 is 0. The lowest BCUT2D eigenvalue weighted by Crippen LogP contribution is -2.48. The zero-order valence-corrected chi connectivity index (χ0v) is 21.7. The Morgan fingerprint density at radius 2 is 1.75 bits per heavy atom. The highest BCUT2D eigenvalue weighted by Crippen LogP contribution is 2.35. The third kappa shape index (κ3) is 4.75. The van der Waals surface area contributed by atoms with Crippen molar-refractivity contribution in [3.63, 3.8) is 0 Å². The van der Waals surface area contributed by atoms with Crippen LogP contribution in [-0.2, 0) is 17.9 Å². The second-order valence-electron chi connectivity index (χ2n) is 10.6. The largest absolute Gasteiger partial charge is 0.483 e. The molecule has 1 atom stereocenters. The highest BCUT2D eigenvalue weighted by molar-refractivity contribution is 5.70. The molecule has 4 heterocycles. The van der Waals surface area contributed by atoms with Crippen LogP contribution in [0.5, 0.6) is 5.75 Å². The number of nitrogens with zero attached hydrogens (tertiary/aromatic N) is 5. The highest BCUT2D eigenvalue weighted by atomic mass is 16.5. The number of hydrogen-bond acceptors (Lipinski definition) is 6. The van der Waals surface area contributed by atoms with Crippen molar-refractivity contribution in [2.24, 2.45) is 0 Å². The number of benzene rings is 2. The number of rotatable bonds is 5. The molecule has 1 aromatic heterocycles. The Morgan fingerprint density at radius 1 is 0.972 bits per heavy atom. The first-order chi connectivity index (χ1) is 17.5. The molecule has 2 aromatic carbocycles. The van der Waals surface area contributed by atoms with E-state index in [4.69, 9.17) is 14.5 Å². The average molecular weight is 488 g/mol. The SMILES string of the molecule is CC1CN(Cc2cn3c(n2)COc2cc(-c4ccc(N5CCN(C(C)C)CC5)cc4)ccc2-3)CCO1. The van der Waals surface area contributed by atoms with E-state index in [2.05, 4.69) is 88.7 Å². The van der Waals surface area contributed by atoms with Gasteiger partial charge in [0, 0.05) is 63.7 Å². The van der Waals surface area contributed by atoms with E-state index in [1.165, 1.54) is 16.8 Å². The van der Waals surface area contributed by atoms with E-state index in [0.717, 1.165) is 75.4 Å². The van der Waals surface area contributed by atoms with Gasteiger partial charge in [-0.3, -0.25) is 14.4 Å². The van der Waals surface area contributed by atoms with Crippen molar-refractivity contribution in [3.8, 4) is 22.6 Å². The van der Waals surface area contributed by atoms with Gasteiger partial charge in [0.2, 0.25) is 0 Å². The van der Waals surface area contributed by atoms with Crippen molar-refractivity contribution in [1.82, 2.24) is 19.4 Å². The molecule has 0 bridgehead atoms. The quantitative estimate of drug-likeness (QED) is 0.538. The average Bonchev–Trinajstić information content (AvgIpc) is 3.31. The number of fused-ring (bicyclic) bond motifs is 3. The van der Waals surface area contributed by atoms with Gasteiger partial charge in [0.25, 0.3) is 0 Å². The molecule has 2 saturated heterocycles. The van der Waals surface area contributed by atoms with Crippen molar-refractivity contribution in [3.05, 3.63) is 60.2 Å². The van der Waals surface area contributed by atoms with Crippen molar-refractivity contribution >= 4 is 5.69 Å². The summed E-state index contributed by atoms with van der Waals surface area (Å²) in [6.07, 6.45) is 2.45. The van der Waals surface area contributed by atoms with Crippen molar-refractivity contribution < 1.29 is 9.47 Å². The lowest BCUT2D eigenvalue weighted by molar-refractivity contribution is -0.0215. The molecule has 0 saturated carbocycles. The molecule has 0 aliphatic carbocycles.